The molecule has 0 radical (unpaired) electrons. The van der Waals surface area contributed by atoms with Crippen LogP contribution in [0, 0.1) is 0 Å². The molecule has 9 unspecified atom stereocenters. The molecule has 1 saturated carbocycles. The van der Waals surface area contributed by atoms with Crippen molar-refractivity contribution in [2.24, 2.45) is 22.9 Å². The van der Waals surface area contributed by atoms with Crippen molar-refractivity contribution < 1.29 is 49.3 Å². The molecule has 3 aliphatic rings. The molecular weight excluding hydrogens is 518 g/mol. The van der Waals surface area contributed by atoms with Gasteiger partial charge in [-0.15, -0.1) is 11.6 Å². The molecule has 15 nitrogen and oxygen atoms in total. The Morgan fingerprint density at radius 1 is 1.03 bits per heavy atom. The fraction of sp³-hybridized carbons (Fsp3) is 0.952. The lowest BCUT2D eigenvalue weighted by molar-refractivity contribution is -0.287. The smallest absolute Gasteiger partial charge is 0.249 e. The molecule has 14 N–H and O–H groups in total. The van der Waals surface area contributed by atoms with Crippen molar-refractivity contribution in [2.75, 3.05) is 19.7 Å². The number of hydrogen-bond acceptors (Lipinski definition) is 14. The molecular formula is C21H40ClN5O10. The van der Waals surface area contributed by atoms with E-state index >= 15 is 0 Å². The van der Waals surface area contributed by atoms with Crippen molar-refractivity contribution in [3.05, 3.63) is 0 Å². The van der Waals surface area contributed by atoms with Gasteiger partial charge in [-0.2, -0.15) is 0 Å². The number of aliphatic hydroxyl groups is 5. The second-order valence-corrected chi connectivity index (χ2v) is 10.3. The Hall–Kier alpha value is -0.760. The Morgan fingerprint density at radius 3 is 2.30 bits per heavy atom. The molecule has 37 heavy (non-hydrogen) atoms. The molecule has 0 aromatic carbocycles. The average Bonchev–Trinajstić information content (AvgIpc) is 3.14. The molecule has 2 saturated heterocycles. The van der Waals surface area contributed by atoms with Gasteiger partial charge in [-0.1, -0.05) is 0 Å². The third kappa shape index (κ3) is 7.06. The first kappa shape index (κ1) is 30.8. The molecule has 0 aromatic rings. The van der Waals surface area contributed by atoms with E-state index in [0.717, 1.165) is 0 Å². The summed E-state index contributed by atoms with van der Waals surface area (Å²) in [6.45, 7) is -0.358. The van der Waals surface area contributed by atoms with Gasteiger partial charge in [0.15, 0.2) is 12.6 Å². The van der Waals surface area contributed by atoms with Crippen LogP contribution < -0.4 is 28.3 Å². The summed E-state index contributed by atoms with van der Waals surface area (Å²) < 4.78 is 23.2. The summed E-state index contributed by atoms with van der Waals surface area (Å²) in [5.74, 6) is -0.763. The molecule has 1 amide bonds. The van der Waals surface area contributed by atoms with E-state index in [0.29, 0.717) is 6.42 Å². The standard InChI is InChI=1S/C21H40ClN5O10/c22-8-3-7(5-24)34-20(13(8)26)36-17-9(25)4-10(27-19(33)11(29)1-2-23)14(30)18(17)37-21-16(32)15(31)12(6-28)35-21/h7-18,20-21,28-32H,1-6,23-26H2,(H,27,33)/t7?,8?,9?,10-,11?,12-,13?,14?,15?,16?,17-,18?,20-,21+/m1/s1. The summed E-state index contributed by atoms with van der Waals surface area (Å²) in [5.41, 5.74) is 23.7. The third-order valence-corrected chi connectivity index (χ3v) is 7.45. The Bertz CT molecular complexity index is 746. The summed E-state index contributed by atoms with van der Waals surface area (Å²) >= 11 is 6.36. The van der Waals surface area contributed by atoms with E-state index in [-0.39, 0.29) is 25.9 Å². The second kappa shape index (κ2) is 13.5. The highest BCUT2D eigenvalue weighted by atomic mass is 35.5. The van der Waals surface area contributed by atoms with Crippen LogP contribution in [0.3, 0.4) is 0 Å². The zero-order valence-corrected chi connectivity index (χ0v) is 21.0. The Kier molecular flexibility index (Phi) is 11.3. The molecule has 3 fully saturated rings. The van der Waals surface area contributed by atoms with Crippen LogP contribution in [0.4, 0.5) is 0 Å². The third-order valence-electron chi connectivity index (χ3n) is 6.98. The molecule has 2 aliphatic heterocycles. The first-order chi connectivity index (χ1) is 17.5. The molecule has 3 rings (SSSR count). The lowest BCUT2D eigenvalue weighted by Gasteiger charge is -2.47. The molecule has 16 heteroatoms. The van der Waals surface area contributed by atoms with Gasteiger partial charge in [-0.05, 0) is 25.8 Å². The molecule has 2 heterocycles. The summed E-state index contributed by atoms with van der Waals surface area (Å²) in [5, 5.41) is 53.1. The Morgan fingerprint density at radius 2 is 1.70 bits per heavy atom. The van der Waals surface area contributed by atoms with Crippen LogP contribution in [0.15, 0.2) is 0 Å². The van der Waals surface area contributed by atoms with Crippen molar-refractivity contribution in [2.45, 2.75) is 104 Å². The zero-order valence-electron chi connectivity index (χ0n) is 20.3. The van der Waals surface area contributed by atoms with E-state index in [1.54, 1.807) is 0 Å². The number of amides is 1. The number of nitrogens with two attached hydrogens (primary N) is 4. The van der Waals surface area contributed by atoms with E-state index in [1.165, 1.54) is 0 Å². The topological polar surface area (TPSA) is 271 Å². The Balaban J connectivity index is 1.82. The number of carbonyl (C=O) groups excluding carboxylic acids is 1. The minimum Gasteiger partial charge on any atom is -0.394 e. The molecule has 216 valence electrons. The van der Waals surface area contributed by atoms with Gasteiger partial charge in [-0.3, -0.25) is 4.79 Å². The number of rotatable bonds is 10. The minimum atomic E-state index is -1.57. The van der Waals surface area contributed by atoms with E-state index < -0.39 is 97.4 Å². The fourth-order valence-electron chi connectivity index (χ4n) is 4.76. The van der Waals surface area contributed by atoms with Gasteiger partial charge in [0.2, 0.25) is 5.91 Å². The quantitative estimate of drug-likeness (QED) is 0.112. The Labute approximate surface area is 219 Å². The second-order valence-electron chi connectivity index (χ2n) is 9.70. The van der Waals surface area contributed by atoms with Crippen LogP contribution in [0.5, 0.6) is 0 Å². The fourth-order valence-corrected chi connectivity index (χ4v) is 5.08. The van der Waals surface area contributed by atoms with Crippen molar-refractivity contribution in [1.29, 1.82) is 0 Å². The monoisotopic (exact) mass is 557 g/mol. The van der Waals surface area contributed by atoms with Crippen LogP contribution in [0.25, 0.3) is 0 Å². The summed E-state index contributed by atoms with van der Waals surface area (Å²) in [4.78, 5) is 12.4. The first-order valence-corrected chi connectivity index (χ1v) is 12.8. The SMILES string of the molecule is NCCC(O)C(=O)N[C@@H]1CC(N)[C@@H](O[C@H]2OC(CN)CC(Cl)C2N)C(O[C@@H]2O[C@H](CO)C(O)C2O)C1O. The highest BCUT2D eigenvalue weighted by molar-refractivity contribution is 6.21. The number of carbonyl (C=O) groups is 1. The average molecular weight is 558 g/mol. The van der Waals surface area contributed by atoms with Gasteiger partial charge in [0, 0.05) is 12.6 Å². The minimum absolute atomic E-state index is 0.00766. The number of halogens is 1. The van der Waals surface area contributed by atoms with Gasteiger partial charge < -0.3 is 72.7 Å². The van der Waals surface area contributed by atoms with Crippen LogP contribution >= 0.6 is 11.6 Å². The highest BCUT2D eigenvalue weighted by Crippen LogP contribution is 2.33. The largest absolute Gasteiger partial charge is 0.394 e. The van der Waals surface area contributed by atoms with Crippen LogP contribution in [0.1, 0.15) is 19.3 Å². The summed E-state index contributed by atoms with van der Waals surface area (Å²) in [7, 11) is 0. The van der Waals surface area contributed by atoms with Crippen molar-refractivity contribution in [3.8, 4) is 0 Å². The van der Waals surface area contributed by atoms with Crippen LogP contribution in [-0.4, -0.2) is 136 Å². The molecule has 0 spiro atoms. The zero-order chi connectivity index (χ0) is 27.4. The summed E-state index contributed by atoms with van der Waals surface area (Å²) in [6, 6.07) is -2.63. The van der Waals surface area contributed by atoms with E-state index in [1.807, 2.05) is 0 Å². The first-order valence-electron chi connectivity index (χ1n) is 12.3. The number of nitrogens with one attached hydrogen (secondary N) is 1. The lowest BCUT2D eigenvalue weighted by Crippen LogP contribution is -2.67. The predicted molar refractivity (Wildman–Crippen MR) is 128 cm³/mol. The number of ether oxygens (including phenoxy) is 4. The van der Waals surface area contributed by atoms with Gasteiger partial charge in [0.05, 0.1) is 30.2 Å². The number of hydrogen-bond donors (Lipinski definition) is 10. The van der Waals surface area contributed by atoms with Crippen molar-refractivity contribution >= 4 is 17.5 Å². The maximum atomic E-state index is 12.4. The maximum Gasteiger partial charge on any atom is 0.249 e. The van der Waals surface area contributed by atoms with E-state index in [4.69, 9.17) is 53.5 Å². The number of alkyl halides is 1. The highest BCUT2D eigenvalue weighted by Gasteiger charge is 2.52. The summed E-state index contributed by atoms with van der Waals surface area (Å²) in [6.07, 6.45) is -12.0. The van der Waals surface area contributed by atoms with E-state index in [9.17, 15) is 30.3 Å². The normalized spacial score (nSPS) is 45.5. The predicted octanol–water partition coefficient (Wildman–Crippen LogP) is -5.51. The maximum absolute atomic E-state index is 12.4. The van der Waals surface area contributed by atoms with Gasteiger partial charge in [0.25, 0.3) is 0 Å². The van der Waals surface area contributed by atoms with Crippen molar-refractivity contribution in [3.63, 3.8) is 0 Å². The van der Waals surface area contributed by atoms with E-state index in [2.05, 4.69) is 5.32 Å². The van der Waals surface area contributed by atoms with Gasteiger partial charge >= 0.3 is 0 Å². The van der Waals surface area contributed by atoms with Crippen LogP contribution in [0.2, 0.25) is 0 Å². The molecule has 0 bridgehead atoms. The lowest BCUT2D eigenvalue weighted by atomic mass is 9.83. The van der Waals surface area contributed by atoms with Gasteiger partial charge in [-0.25, -0.2) is 0 Å². The van der Waals surface area contributed by atoms with Crippen molar-refractivity contribution in [1.82, 2.24) is 5.32 Å². The molecule has 0 aromatic heterocycles. The molecule has 14 atom stereocenters. The van der Waals surface area contributed by atoms with Crippen LogP contribution in [-0.2, 0) is 23.7 Å². The molecule has 1 aliphatic carbocycles. The number of aliphatic hydroxyl groups excluding tert-OH is 5. The van der Waals surface area contributed by atoms with Gasteiger partial charge in [0.1, 0.15) is 42.7 Å².